The van der Waals surface area contributed by atoms with E-state index in [0.717, 1.165) is 5.52 Å². The molecular formula is C9H7N3O. The van der Waals surface area contributed by atoms with Crippen molar-refractivity contribution in [2.75, 3.05) is 0 Å². The monoisotopic (exact) mass is 173 g/mol. The van der Waals surface area contributed by atoms with Crippen LogP contribution in [0.15, 0.2) is 35.6 Å². The van der Waals surface area contributed by atoms with Gasteiger partial charge in [0.05, 0.1) is 5.52 Å². The molecule has 1 aromatic carbocycles. The number of aromatic hydroxyl groups is 1. The molecule has 1 aromatic heterocycles. The number of pyridine rings is 1. The zero-order valence-corrected chi connectivity index (χ0v) is 6.73. The number of phenolic OH excluding ortho intramolecular Hbond substituents is 1. The smallest absolute Gasteiger partial charge is 0.143 e. The maximum absolute atomic E-state index is 9.37. The molecule has 0 unspecified atom stereocenters. The van der Waals surface area contributed by atoms with Crippen LogP contribution in [0.3, 0.4) is 0 Å². The predicted molar refractivity (Wildman–Crippen MR) is 48.2 cm³/mol. The van der Waals surface area contributed by atoms with Crippen LogP contribution < -0.4 is 0 Å². The number of benzene rings is 1. The standard InChI is InChI=1S/C9H7N3O/c10-12-9-6-2-1-5-11-7(6)3-4-8(9)13/h1-5,10,13H. The van der Waals surface area contributed by atoms with Crippen LogP contribution in [0.2, 0.25) is 0 Å². The molecule has 2 N–H and O–H groups in total. The van der Waals surface area contributed by atoms with Crippen LogP contribution in [0.4, 0.5) is 5.69 Å². The van der Waals surface area contributed by atoms with Crippen LogP contribution in [0.25, 0.3) is 10.9 Å². The van der Waals surface area contributed by atoms with Gasteiger partial charge in [-0.05, 0) is 24.3 Å². The Hall–Kier alpha value is -1.97. The summed E-state index contributed by atoms with van der Waals surface area (Å²) in [6.07, 6.45) is 1.66. The lowest BCUT2D eigenvalue weighted by Crippen LogP contribution is -1.77. The van der Waals surface area contributed by atoms with Crippen molar-refractivity contribution in [1.29, 1.82) is 5.53 Å². The molecule has 2 aromatic rings. The number of hydrogen-bond donors (Lipinski definition) is 2. The Morgan fingerprint density at radius 2 is 2.15 bits per heavy atom. The van der Waals surface area contributed by atoms with Crippen molar-refractivity contribution in [3.63, 3.8) is 0 Å². The maximum Gasteiger partial charge on any atom is 0.143 e. The second-order valence-corrected chi connectivity index (χ2v) is 2.62. The quantitative estimate of drug-likeness (QED) is 0.650. The molecule has 4 heteroatoms. The molecule has 0 spiro atoms. The Kier molecular flexibility index (Phi) is 1.66. The highest BCUT2D eigenvalue weighted by Crippen LogP contribution is 2.33. The third-order valence-electron chi connectivity index (χ3n) is 1.85. The lowest BCUT2D eigenvalue weighted by Gasteiger charge is -2.01. The first-order valence-electron chi connectivity index (χ1n) is 3.77. The molecule has 0 amide bonds. The van der Waals surface area contributed by atoms with Gasteiger partial charge in [-0.15, -0.1) is 0 Å². The first kappa shape index (κ1) is 7.67. The molecule has 1 heterocycles. The van der Waals surface area contributed by atoms with Crippen molar-refractivity contribution >= 4 is 16.6 Å². The Labute approximate surface area is 74.4 Å². The summed E-state index contributed by atoms with van der Waals surface area (Å²) in [5.74, 6) is 0.00972. The molecule has 0 saturated carbocycles. The van der Waals surface area contributed by atoms with E-state index in [2.05, 4.69) is 10.1 Å². The molecule has 0 saturated heterocycles. The van der Waals surface area contributed by atoms with E-state index in [0.29, 0.717) is 5.39 Å². The highest BCUT2D eigenvalue weighted by atomic mass is 16.3. The highest BCUT2D eigenvalue weighted by molar-refractivity contribution is 5.92. The maximum atomic E-state index is 9.37. The molecule has 0 bridgehead atoms. The lowest BCUT2D eigenvalue weighted by molar-refractivity contribution is 0.477. The van der Waals surface area contributed by atoms with Crippen LogP contribution in [-0.4, -0.2) is 10.1 Å². The first-order chi connectivity index (χ1) is 6.33. The van der Waals surface area contributed by atoms with E-state index in [-0.39, 0.29) is 11.4 Å². The number of nitrogens with one attached hydrogen (secondary N) is 1. The predicted octanol–water partition coefficient (Wildman–Crippen LogP) is 2.60. The second kappa shape index (κ2) is 2.82. The molecule has 2 rings (SSSR count). The van der Waals surface area contributed by atoms with E-state index in [9.17, 15) is 5.11 Å². The summed E-state index contributed by atoms with van der Waals surface area (Å²) < 4.78 is 0. The molecule has 4 nitrogen and oxygen atoms in total. The van der Waals surface area contributed by atoms with Gasteiger partial charge in [0.15, 0.2) is 0 Å². The third-order valence-corrected chi connectivity index (χ3v) is 1.85. The van der Waals surface area contributed by atoms with Gasteiger partial charge in [-0.3, -0.25) is 4.98 Å². The summed E-state index contributed by atoms with van der Waals surface area (Å²) in [7, 11) is 0. The van der Waals surface area contributed by atoms with E-state index >= 15 is 0 Å². The van der Waals surface area contributed by atoms with E-state index in [1.165, 1.54) is 6.07 Å². The van der Waals surface area contributed by atoms with Crippen molar-refractivity contribution < 1.29 is 5.11 Å². The second-order valence-electron chi connectivity index (χ2n) is 2.62. The topological polar surface area (TPSA) is 69.3 Å². The van der Waals surface area contributed by atoms with Gasteiger partial charge in [-0.1, -0.05) is 0 Å². The molecule has 0 aliphatic rings. The van der Waals surface area contributed by atoms with Gasteiger partial charge < -0.3 is 5.11 Å². The summed E-state index contributed by atoms with van der Waals surface area (Å²) in [5, 5.41) is 13.3. The zero-order valence-electron chi connectivity index (χ0n) is 6.73. The van der Waals surface area contributed by atoms with Crippen molar-refractivity contribution in [3.8, 4) is 5.75 Å². The van der Waals surface area contributed by atoms with Crippen LogP contribution >= 0.6 is 0 Å². The van der Waals surface area contributed by atoms with Crippen molar-refractivity contribution in [2.24, 2.45) is 5.11 Å². The number of hydrogen-bond acceptors (Lipinski definition) is 4. The minimum absolute atomic E-state index is 0.00972. The highest BCUT2D eigenvalue weighted by Gasteiger charge is 2.05. The largest absolute Gasteiger partial charge is 0.506 e. The SMILES string of the molecule is N=Nc1c(O)ccc2ncccc12. The van der Waals surface area contributed by atoms with E-state index < -0.39 is 0 Å². The van der Waals surface area contributed by atoms with Gasteiger partial charge in [0, 0.05) is 11.6 Å². The van der Waals surface area contributed by atoms with Gasteiger partial charge in [-0.25, -0.2) is 5.53 Å². The number of nitrogens with zero attached hydrogens (tertiary/aromatic N) is 2. The van der Waals surface area contributed by atoms with Gasteiger partial charge >= 0.3 is 0 Å². The number of phenols is 1. The minimum atomic E-state index is 0.00972. The summed E-state index contributed by atoms with van der Waals surface area (Å²) in [5.41, 5.74) is 7.90. The summed E-state index contributed by atoms with van der Waals surface area (Å²) in [6.45, 7) is 0. The summed E-state index contributed by atoms with van der Waals surface area (Å²) in [6, 6.07) is 6.70. The minimum Gasteiger partial charge on any atom is -0.506 e. The average Bonchev–Trinajstić information content (AvgIpc) is 2.18. The van der Waals surface area contributed by atoms with E-state index in [1.54, 1.807) is 24.4 Å². The fourth-order valence-corrected chi connectivity index (χ4v) is 1.24. The van der Waals surface area contributed by atoms with Crippen molar-refractivity contribution in [3.05, 3.63) is 30.5 Å². The molecule has 64 valence electrons. The van der Waals surface area contributed by atoms with Crippen molar-refractivity contribution in [1.82, 2.24) is 4.98 Å². The van der Waals surface area contributed by atoms with Gasteiger partial charge in [-0.2, -0.15) is 5.11 Å². The number of fused-ring (bicyclic) bond motifs is 1. The van der Waals surface area contributed by atoms with E-state index in [1.807, 2.05) is 0 Å². The summed E-state index contributed by atoms with van der Waals surface area (Å²) >= 11 is 0. The molecule has 0 aliphatic carbocycles. The molecule has 0 fully saturated rings. The lowest BCUT2D eigenvalue weighted by atomic mass is 10.2. The Morgan fingerprint density at radius 3 is 2.92 bits per heavy atom. The normalized spacial score (nSPS) is 10.2. The fourth-order valence-electron chi connectivity index (χ4n) is 1.24. The number of aromatic nitrogens is 1. The Balaban J connectivity index is 2.91. The van der Waals surface area contributed by atoms with Gasteiger partial charge in [0.1, 0.15) is 11.4 Å². The van der Waals surface area contributed by atoms with Crippen LogP contribution in [0.1, 0.15) is 0 Å². The summed E-state index contributed by atoms with van der Waals surface area (Å²) in [4.78, 5) is 4.08. The Morgan fingerprint density at radius 1 is 1.31 bits per heavy atom. The van der Waals surface area contributed by atoms with Gasteiger partial charge in [0.2, 0.25) is 0 Å². The van der Waals surface area contributed by atoms with Crippen molar-refractivity contribution in [2.45, 2.75) is 0 Å². The zero-order chi connectivity index (χ0) is 9.26. The first-order valence-corrected chi connectivity index (χ1v) is 3.77. The van der Waals surface area contributed by atoms with Crippen LogP contribution in [0.5, 0.6) is 5.75 Å². The van der Waals surface area contributed by atoms with Gasteiger partial charge in [0.25, 0.3) is 0 Å². The Bertz CT molecular complexity index is 467. The molecule has 13 heavy (non-hydrogen) atoms. The fraction of sp³-hybridized carbons (Fsp3) is 0. The third kappa shape index (κ3) is 1.12. The molecule has 0 radical (unpaired) electrons. The van der Waals surface area contributed by atoms with Crippen LogP contribution in [-0.2, 0) is 0 Å². The average molecular weight is 173 g/mol. The molecular weight excluding hydrogens is 166 g/mol. The molecule has 0 atom stereocenters. The van der Waals surface area contributed by atoms with Crippen LogP contribution in [0, 0.1) is 5.53 Å². The number of rotatable bonds is 1. The molecule has 0 aliphatic heterocycles. The van der Waals surface area contributed by atoms with E-state index in [4.69, 9.17) is 5.53 Å².